The van der Waals surface area contributed by atoms with Crippen LogP contribution in [0.1, 0.15) is 31.0 Å². The predicted molar refractivity (Wildman–Crippen MR) is 54.4 cm³/mol. The van der Waals surface area contributed by atoms with Crippen molar-refractivity contribution < 1.29 is 5.11 Å². The van der Waals surface area contributed by atoms with E-state index in [9.17, 15) is 5.11 Å². The Morgan fingerprint density at radius 1 is 1.31 bits per heavy atom. The number of benzene rings is 1. The smallest absolute Gasteiger partial charge is 0.0704 e. The molecule has 1 rings (SSSR count). The fraction of sp³-hybridized carbons (Fsp3) is 0.455. The van der Waals surface area contributed by atoms with Crippen molar-refractivity contribution in [3.63, 3.8) is 0 Å². The SMILES string of the molecule is CCc1ccc([C@@H](N)[C@H](C)O)cc1. The van der Waals surface area contributed by atoms with Crippen molar-refractivity contribution in [2.45, 2.75) is 32.4 Å². The lowest BCUT2D eigenvalue weighted by Crippen LogP contribution is -2.22. The minimum absolute atomic E-state index is 0.272. The van der Waals surface area contributed by atoms with Crippen molar-refractivity contribution in [1.29, 1.82) is 0 Å². The van der Waals surface area contributed by atoms with Crippen molar-refractivity contribution in [3.05, 3.63) is 35.4 Å². The minimum Gasteiger partial charge on any atom is -0.391 e. The molecule has 0 unspecified atom stereocenters. The molecule has 0 aliphatic carbocycles. The van der Waals surface area contributed by atoms with E-state index in [0.717, 1.165) is 12.0 Å². The van der Waals surface area contributed by atoms with Gasteiger partial charge < -0.3 is 10.8 Å². The van der Waals surface area contributed by atoms with Crippen LogP contribution in [0.25, 0.3) is 0 Å². The maximum Gasteiger partial charge on any atom is 0.0704 e. The van der Waals surface area contributed by atoms with E-state index in [2.05, 4.69) is 19.1 Å². The van der Waals surface area contributed by atoms with Gasteiger partial charge in [0.05, 0.1) is 12.1 Å². The van der Waals surface area contributed by atoms with Crippen molar-refractivity contribution >= 4 is 0 Å². The lowest BCUT2D eigenvalue weighted by atomic mass is 10.0. The molecule has 0 aliphatic heterocycles. The molecule has 0 saturated heterocycles. The number of rotatable bonds is 3. The van der Waals surface area contributed by atoms with Gasteiger partial charge in [-0.25, -0.2) is 0 Å². The molecule has 0 aromatic heterocycles. The van der Waals surface area contributed by atoms with Crippen molar-refractivity contribution in [2.75, 3.05) is 0 Å². The zero-order valence-electron chi connectivity index (χ0n) is 8.20. The summed E-state index contributed by atoms with van der Waals surface area (Å²) in [5.74, 6) is 0. The number of aliphatic hydroxyl groups excluding tert-OH is 1. The second-order valence-corrected chi connectivity index (χ2v) is 3.36. The Morgan fingerprint density at radius 2 is 1.85 bits per heavy atom. The first-order chi connectivity index (χ1) is 6.15. The molecule has 0 spiro atoms. The highest BCUT2D eigenvalue weighted by Gasteiger charge is 2.10. The third-order valence-electron chi connectivity index (χ3n) is 2.29. The van der Waals surface area contributed by atoms with Crippen molar-refractivity contribution in [3.8, 4) is 0 Å². The second-order valence-electron chi connectivity index (χ2n) is 3.36. The third-order valence-corrected chi connectivity index (χ3v) is 2.29. The van der Waals surface area contributed by atoms with E-state index in [4.69, 9.17) is 5.73 Å². The van der Waals surface area contributed by atoms with Gasteiger partial charge >= 0.3 is 0 Å². The number of aliphatic hydroxyl groups is 1. The molecule has 2 atom stereocenters. The lowest BCUT2D eigenvalue weighted by Gasteiger charge is -2.15. The van der Waals surface area contributed by atoms with Gasteiger partial charge in [-0.2, -0.15) is 0 Å². The third kappa shape index (κ3) is 2.54. The van der Waals surface area contributed by atoms with Crippen LogP contribution >= 0.6 is 0 Å². The number of nitrogens with two attached hydrogens (primary N) is 1. The highest BCUT2D eigenvalue weighted by Crippen LogP contribution is 2.14. The Bertz CT molecular complexity index is 253. The summed E-state index contributed by atoms with van der Waals surface area (Å²) < 4.78 is 0. The molecular weight excluding hydrogens is 162 g/mol. The van der Waals surface area contributed by atoms with E-state index in [0.29, 0.717) is 0 Å². The highest BCUT2D eigenvalue weighted by atomic mass is 16.3. The Hall–Kier alpha value is -0.860. The van der Waals surface area contributed by atoms with Gasteiger partial charge in [0, 0.05) is 0 Å². The summed E-state index contributed by atoms with van der Waals surface area (Å²) in [5.41, 5.74) is 8.07. The van der Waals surface area contributed by atoms with Crippen LogP contribution in [0.4, 0.5) is 0 Å². The molecule has 3 N–H and O–H groups in total. The molecule has 0 aliphatic rings. The molecule has 0 amide bonds. The van der Waals surface area contributed by atoms with Crippen LogP contribution in [0.2, 0.25) is 0 Å². The molecule has 0 saturated carbocycles. The fourth-order valence-corrected chi connectivity index (χ4v) is 1.25. The quantitative estimate of drug-likeness (QED) is 0.740. The molecule has 0 bridgehead atoms. The first-order valence-corrected chi connectivity index (χ1v) is 4.67. The molecule has 1 aromatic carbocycles. The normalized spacial score (nSPS) is 15.4. The van der Waals surface area contributed by atoms with Crippen LogP contribution in [-0.2, 0) is 6.42 Å². The average molecular weight is 179 g/mol. The Kier molecular flexibility index (Phi) is 3.46. The molecule has 2 heteroatoms. The first kappa shape index (κ1) is 10.2. The summed E-state index contributed by atoms with van der Waals surface area (Å²) in [5, 5.41) is 9.28. The minimum atomic E-state index is -0.493. The van der Waals surface area contributed by atoms with Gasteiger partial charge in [-0.3, -0.25) is 0 Å². The highest BCUT2D eigenvalue weighted by molar-refractivity contribution is 5.25. The Morgan fingerprint density at radius 3 is 2.23 bits per heavy atom. The molecule has 0 fully saturated rings. The van der Waals surface area contributed by atoms with Crippen LogP contribution in [0.15, 0.2) is 24.3 Å². The largest absolute Gasteiger partial charge is 0.391 e. The molecule has 2 nitrogen and oxygen atoms in total. The summed E-state index contributed by atoms with van der Waals surface area (Å²) in [4.78, 5) is 0. The zero-order chi connectivity index (χ0) is 9.84. The van der Waals surface area contributed by atoms with Gasteiger partial charge in [-0.05, 0) is 24.5 Å². The monoisotopic (exact) mass is 179 g/mol. The Labute approximate surface area is 79.4 Å². The fourth-order valence-electron chi connectivity index (χ4n) is 1.25. The topological polar surface area (TPSA) is 46.2 Å². The molecule has 0 radical (unpaired) electrons. The van der Waals surface area contributed by atoms with Crippen molar-refractivity contribution in [1.82, 2.24) is 0 Å². The summed E-state index contributed by atoms with van der Waals surface area (Å²) in [6, 6.07) is 7.80. The van der Waals surface area contributed by atoms with E-state index in [1.165, 1.54) is 5.56 Å². The van der Waals surface area contributed by atoms with Crippen molar-refractivity contribution in [2.24, 2.45) is 5.73 Å². The van der Waals surface area contributed by atoms with E-state index in [-0.39, 0.29) is 6.04 Å². The molecule has 13 heavy (non-hydrogen) atoms. The number of hydrogen-bond acceptors (Lipinski definition) is 2. The zero-order valence-corrected chi connectivity index (χ0v) is 8.20. The summed E-state index contributed by atoms with van der Waals surface area (Å²) in [6.45, 7) is 3.82. The molecule has 72 valence electrons. The molecular formula is C11H17NO. The Balaban J connectivity index is 2.79. The standard InChI is InChI=1S/C11H17NO/c1-3-9-4-6-10(7-5-9)11(12)8(2)13/h4-8,11,13H,3,12H2,1-2H3/t8-,11-/m0/s1. The van der Waals surface area contributed by atoms with E-state index < -0.39 is 6.10 Å². The van der Waals surface area contributed by atoms with Gasteiger partial charge in [0.2, 0.25) is 0 Å². The molecule has 1 aromatic rings. The first-order valence-electron chi connectivity index (χ1n) is 4.67. The van der Waals surface area contributed by atoms with E-state index in [1.807, 2.05) is 12.1 Å². The maximum atomic E-state index is 9.28. The predicted octanol–water partition coefficient (Wildman–Crippen LogP) is 1.63. The summed E-state index contributed by atoms with van der Waals surface area (Å²) >= 11 is 0. The average Bonchev–Trinajstić information content (AvgIpc) is 2.17. The van der Waals surface area contributed by atoms with Gasteiger partial charge in [-0.15, -0.1) is 0 Å². The number of hydrogen-bond donors (Lipinski definition) is 2. The van der Waals surface area contributed by atoms with Crippen LogP contribution in [0.5, 0.6) is 0 Å². The van der Waals surface area contributed by atoms with Gasteiger partial charge in [-0.1, -0.05) is 31.2 Å². The second kappa shape index (κ2) is 4.40. The van der Waals surface area contributed by atoms with Crippen LogP contribution in [-0.4, -0.2) is 11.2 Å². The summed E-state index contributed by atoms with van der Waals surface area (Å²) in [6.07, 6.45) is 0.539. The van der Waals surface area contributed by atoms with Gasteiger partial charge in [0.1, 0.15) is 0 Å². The van der Waals surface area contributed by atoms with Gasteiger partial charge in [0.15, 0.2) is 0 Å². The number of aryl methyl sites for hydroxylation is 1. The van der Waals surface area contributed by atoms with E-state index >= 15 is 0 Å². The molecule has 0 heterocycles. The summed E-state index contributed by atoms with van der Waals surface area (Å²) in [7, 11) is 0. The van der Waals surface area contributed by atoms with E-state index in [1.54, 1.807) is 6.92 Å². The lowest BCUT2D eigenvalue weighted by molar-refractivity contribution is 0.164. The van der Waals surface area contributed by atoms with Crippen LogP contribution in [0.3, 0.4) is 0 Å². The van der Waals surface area contributed by atoms with Gasteiger partial charge in [0.25, 0.3) is 0 Å². The maximum absolute atomic E-state index is 9.28. The van der Waals surface area contributed by atoms with Crippen LogP contribution in [0, 0.1) is 0 Å². The van der Waals surface area contributed by atoms with Crippen LogP contribution < -0.4 is 5.73 Å².